The van der Waals surface area contributed by atoms with E-state index in [1.165, 1.54) is 6.33 Å². The summed E-state index contributed by atoms with van der Waals surface area (Å²) in [6.07, 6.45) is -1.13. The van der Waals surface area contributed by atoms with Crippen molar-refractivity contribution < 1.29 is 27.5 Å². The van der Waals surface area contributed by atoms with E-state index in [0.29, 0.717) is 48.0 Å². The Morgan fingerprint density at radius 3 is 2.36 bits per heavy atom. The molecule has 1 aromatic carbocycles. The average molecular weight is 631 g/mol. The number of nitrogens with zero attached hydrogens (tertiary/aromatic N) is 5. The highest BCUT2D eigenvalue weighted by Crippen LogP contribution is 2.50. The lowest BCUT2D eigenvalue weighted by Crippen LogP contribution is -2.51. The number of ether oxygens (including phenoxy) is 1. The van der Waals surface area contributed by atoms with Gasteiger partial charge >= 0.3 is 12.3 Å². The van der Waals surface area contributed by atoms with E-state index in [2.05, 4.69) is 20.2 Å². The number of benzene rings is 1. The molecule has 236 valence electrons. The van der Waals surface area contributed by atoms with Gasteiger partial charge in [-0.1, -0.05) is 0 Å². The van der Waals surface area contributed by atoms with Crippen molar-refractivity contribution >= 4 is 45.1 Å². The van der Waals surface area contributed by atoms with E-state index >= 15 is 0 Å². The maximum Gasteiger partial charge on any atom is 0.410 e. The monoisotopic (exact) mass is 630 g/mol. The largest absolute Gasteiger partial charge is 0.444 e. The van der Waals surface area contributed by atoms with Crippen LogP contribution in [0.1, 0.15) is 55.3 Å². The van der Waals surface area contributed by atoms with Gasteiger partial charge < -0.3 is 24.8 Å². The van der Waals surface area contributed by atoms with Crippen molar-refractivity contribution in [3.63, 3.8) is 0 Å². The summed E-state index contributed by atoms with van der Waals surface area (Å²) in [4.78, 5) is 40.5. The number of carbonyl (C=O) groups is 2. The Labute approximate surface area is 258 Å². The Kier molecular flexibility index (Phi) is 7.87. The maximum atomic E-state index is 13.1. The number of hydrogen-bond donors (Lipinski definition) is 1. The van der Waals surface area contributed by atoms with Gasteiger partial charge in [-0.25, -0.2) is 14.8 Å². The molecule has 9 nitrogen and oxygen atoms in total. The molecular weight excluding hydrogens is 593 g/mol. The van der Waals surface area contributed by atoms with Crippen LogP contribution in [0.5, 0.6) is 0 Å². The van der Waals surface area contributed by atoms with E-state index in [-0.39, 0.29) is 22.3 Å². The van der Waals surface area contributed by atoms with Gasteiger partial charge in [-0.3, -0.25) is 4.79 Å². The van der Waals surface area contributed by atoms with E-state index in [9.17, 15) is 22.8 Å². The van der Waals surface area contributed by atoms with Crippen molar-refractivity contribution in [2.45, 2.75) is 64.3 Å². The summed E-state index contributed by atoms with van der Waals surface area (Å²) in [7, 11) is 0. The van der Waals surface area contributed by atoms with E-state index in [4.69, 9.17) is 4.74 Å². The molecule has 3 fully saturated rings. The van der Waals surface area contributed by atoms with Gasteiger partial charge in [0.15, 0.2) is 0 Å². The summed E-state index contributed by atoms with van der Waals surface area (Å²) in [5.41, 5.74) is 1.17. The van der Waals surface area contributed by atoms with Crippen molar-refractivity contribution in [2.24, 2.45) is 5.41 Å². The number of anilines is 2. The molecule has 2 aromatic heterocycles. The molecule has 4 heterocycles. The number of nitrogens with one attached hydrogen (secondary N) is 1. The Morgan fingerprint density at radius 1 is 1.02 bits per heavy atom. The second-order valence-electron chi connectivity index (χ2n) is 13.2. The number of fused-ring (bicyclic) bond motifs is 1. The van der Waals surface area contributed by atoms with Crippen molar-refractivity contribution in [1.29, 1.82) is 0 Å². The first-order valence-corrected chi connectivity index (χ1v) is 15.8. The molecule has 0 radical (unpaired) electrons. The number of thiophene rings is 1. The zero-order valence-corrected chi connectivity index (χ0v) is 25.9. The molecule has 1 saturated carbocycles. The predicted molar refractivity (Wildman–Crippen MR) is 163 cm³/mol. The van der Waals surface area contributed by atoms with E-state index in [1.54, 1.807) is 15.9 Å². The topological polar surface area (TPSA) is 90.9 Å². The summed E-state index contributed by atoms with van der Waals surface area (Å²) in [6, 6.07) is 9.45. The molecule has 3 aromatic rings. The minimum Gasteiger partial charge on any atom is -0.444 e. The molecule has 44 heavy (non-hydrogen) atoms. The molecule has 2 aliphatic heterocycles. The minimum atomic E-state index is -4.25. The standard InChI is InChI=1S/C31H37F3N6O3S/c1-29(2,3)43-28(42)39-12-10-38(11-13-39)27(41)20-4-6-21(7-5-20)37-22-15-30(16-22)8-9-40(18-30)25-24-14-23(17-31(32,33)34)44-26(24)36-19-35-25/h4-7,14,19,22,37H,8-13,15-18H2,1-3H3. The van der Waals surface area contributed by atoms with Crippen molar-refractivity contribution in [3.8, 4) is 0 Å². The van der Waals surface area contributed by atoms with Crippen LogP contribution in [-0.2, 0) is 11.2 Å². The lowest BCUT2D eigenvalue weighted by molar-refractivity contribution is -0.126. The Hall–Kier alpha value is -3.61. The second kappa shape index (κ2) is 11.4. The van der Waals surface area contributed by atoms with Crippen LogP contribution in [0.4, 0.5) is 29.5 Å². The van der Waals surface area contributed by atoms with Crippen LogP contribution in [0.25, 0.3) is 10.2 Å². The molecule has 0 atom stereocenters. The number of alkyl halides is 3. The van der Waals surface area contributed by atoms with Crippen LogP contribution in [0.2, 0.25) is 0 Å². The molecule has 6 rings (SSSR count). The van der Waals surface area contributed by atoms with Crippen LogP contribution < -0.4 is 10.2 Å². The summed E-state index contributed by atoms with van der Waals surface area (Å²) >= 11 is 1.08. The van der Waals surface area contributed by atoms with Crippen LogP contribution in [-0.4, -0.2) is 88.9 Å². The van der Waals surface area contributed by atoms with E-state index in [1.807, 2.05) is 45.0 Å². The number of carbonyl (C=O) groups excluding carboxylic acids is 2. The number of halogens is 3. The lowest BCUT2D eigenvalue weighted by Gasteiger charge is -2.46. The van der Waals surface area contributed by atoms with Crippen molar-refractivity contribution in [3.05, 3.63) is 47.1 Å². The van der Waals surface area contributed by atoms with Crippen molar-refractivity contribution in [1.82, 2.24) is 19.8 Å². The molecule has 1 aliphatic carbocycles. The molecule has 2 amide bonds. The number of hydrogen-bond acceptors (Lipinski definition) is 8. The van der Waals surface area contributed by atoms with Gasteiger partial charge in [0.05, 0.1) is 11.8 Å². The summed E-state index contributed by atoms with van der Waals surface area (Å²) in [5, 5.41) is 4.29. The zero-order chi connectivity index (χ0) is 31.3. The van der Waals surface area contributed by atoms with Crippen LogP contribution >= 0.6 is 11.3 Å². The van der Waals surface area contributed by atoms with Gasteiger partial charge in [0.1, 0.15) is 22.6 Å². The molecule has 3 aliphatic rings. The molecule has 0 bridgehead atoms. The van der Waals surface area contributed by atoms with Crippen LogP contribution in [0.15, 0.2) is 36.7 Å². The van der Waals surface area contributed by atoms with Gasteiger partial charge in [0.2, 0.25) is 0 Å². The number of aromatic nitrogens is 2. The van der Waals surface area contributed by atoms with E-state index < -0.39 is 18.2 Å². The fourth-order valence-corrected chi connectivity index (χ4v) is 7.53. The first-order valence-electron chi connectivity index (χ1n) is 14.9. The normalized spacial score (nSPS) is 22.4. The second-order valence-corrected chi connectivity index (χ2v) is 14.3. The average Bonchev–Trinajstić information content (AvgIpc) is 3.55. The molecule has 1 N–H and O–H groups in total. The third-order valence-corrected chi connectivity index (χ3v) is 9.60. The van der Waals surface area contributed by atoms with Crippen molar-refractivity contribution in [2.75, 3.05) is 49.5 Å². The Bertz CT molecular complexity index is 1520. The molecule has 0 unspecified atom stereocenters. The Balaban J connectivity index is 0.993. The lowest BCUT2D eigenvalue weighted by atomic mass is 9.65. The predicted octanol–water partition coefficient (Wildman–Crippen LogP) is 5.96. The summed E-state index contributed by atoms with van der Waals surface area (Å²) in [5.74, 6) is 0.670. The number of rotatable bonds is 5. The highest BCUT2D eigenvalue weighted by Gasteiger charge is 2.49. The van der Waals surface area contributed by atoms with Crippen LogP contribution in [0, 0.1) is 5.41 Å². The minimum absolute atomic E-state index is 0.0518. The molecule has 13 heteroatoms. The highest BCUT2D eigenvalue weighted by molar-refractivity contribution is 7.18. The molecule has 2 saturated heterocycles. The SMILES string of the molecule is CC(C)(C)OC(=O)N1CCN(C(=O)c2ccc(NC3CC4(CCN(c5ncnc6sc(CC(F)(F)F)cc56)C4)C3)cc2)CC1. The summed E-state index contributed by atoms with van der Waals surface area (Å²) in [6.45, 7) is 8.93. The summed E-state index contributed by atoms with van der Waals surface area (Å²) < 4.78 is 44.3. The number of amides is 2. The third kappa shape index (κ3) is 6.72. The van der Waals surface area contributed by atoms with Crippen LogP contribution in [0.3, 0.4) is 0 Å². The van der Waals surface area contributed by atoms with Gasteiger partial charge in [0.25, 0.3) is 5.91 Å². The smallest absolute Gasteiger partial charge is 0.410 e. The molecular formula is C31H37F3N6O3S. The van der Waals surface area contributed by atoms with E-state index in [0.717, 1.165) is 55.2 Å². The van der Waals surface area contributed by atoms with Gasteiger partial charge in [-0.15, -0.1) is 11.3 Å². The highest BCUT2D eigenvalue weighted by atomic mass is 32.1. The fourth-order valence-electron chi connectivity index (χ4n) is 6.51. The first-order chi connectivity index (χ1) is 20.8. The fraction of sp³-hybridized carbons (Fsp3) is 0.548. The van der Waals surface area contributed by atoms with Gasteiger partial charge in [0, 0.05) is 61.4 Å². The maximum absolute atomic E-state index is 13.1. The quantitative estimate of drug-likeness (QED) is 0.372. The first kappa shape index (κ1) is 30.4. The number of piperazine rings is 1. The third-order valence-electron chi connectivity index (χ3n) is 8.55. The molecule has 1 spiro atoms. The zero-order valence-electron chi connectivity index (χ0n) is 25.1. The van der Waals surface area contributed by atoms with Gasteiger partial charge in [-0.2, -0.15) is 13.2 Å². The van der Waals surface area contributed by atoms with Gasteiger partial charge in [-0.05, 0) is 75.8 Å². The Morgan fingerprint density at radius 2 is 1.70 bits per heavy atom.